The first-order chi connectivity index (χ1) is 5.57. The zero-order valence-electron chi connectivity index (χ0n) is 8.75. The van der Waals surface area contributed by atoms with Crippen LogP contribution in [0.4, 0.5) is 0 Å². The molecule has 0 aliphatic heterocycles. The molecule has 1 heteroatoms. The van der Waals surface area contributed by atoms with Crippen molar-refractivity contribution in [1.82, 2.24) is 0 Å². The van der Waals surface area contributed by atoms with Crippen molar-refractivity contribution in [2.24, 2.45) is 23.7 Å². The molecule has 1 nitrogen and oxygen atoms in total. The SMILES string of the molecule is CCC1C(C)C(C)CC(O)C1C. The van der Waals surface area contributed by atoms with Crippen molar-refractivity contribution in [2.45, 2.75) is 46.6 Å². The Morgan fingerprint density at radius 1 is 1.17 bits per heavy atom. The van der Waals surface area contributed by atoms with Gasteiger partial charge in [0.25, 0.3) is 0 Å². The Labute approximate surface area is 76.2 Å². The summed E-state index contributed by atoms with van der Waals surface area (Å²) in [5.74, 6) is 2.71. The fraction of sp³-hybridized carbons (Fsp3) is 1.00. The predicted octanol–water partition coefficient (Wildman–Crippen LogP) is 2.69. The Balaban J connectivity index is 2.67. The van der Waals surface area contributed by atoms with Crippen molar-refractivity contribution in [1.29, 1.82) is 0 Å². The first kappa shape index (κ1) is 10.0. The van der Waals surface area contributed by atoms with Gasteiger partial charge in [0.2, 0.25) is 0 Å². The van der Waals surface area contributed by atoms with Crippen LogP contribution in [0.3, 0.4) is 0 Å². The highest BCUT2D eigenvalue weighted by molar-refractivity contribution is 4.85. The molecule has 1 rings (SSSR count). The molecule has 0 aromatic rings. The topological polar surface area (TPSA) is 20.2 Å². The summed E-state index contributed by atoms with van der Waals surface area (Å²) in [5.41, 5.74) is 0. The van der Waals surface area contributed by atoms with Gasteiger partial charge in [0.1, 0.15) is 0 Å². The van der Waals surface area contributed by atoms with E-state index in [0.717, 1.165) is 18.3 Å². The highest BCUT2D eigenvalue weighted by Crippen LogP contribution is 2.39. The lowest BCUT2D eigenvalue weighted by atomic mass is 9.66. The van der Waals surface area contributed by atoms with E-state index in [4.69, 9.17) is 0 Å². The van der Waals surface area contributed by atoms with Crippen LogP contribution in [0, 0.1) is 23.7 Å². The average Bonchev–Trinajstić information content (AvgIpc) is 2.02. The van der Waals surface area contributed by atoms with Crippen molar-refractivity contribution >= 4 is 0 Å². The third-order valence-electron chi connectivity index (χ3n) is 3.94. The van der Waals surface area contributed by atoms with E-state index in [0.29, 0.717) is 11.8 Å². The van der Waals surface area contributed by atoms with E-state index >= 15 is 0 Å². The summed E-state index contributed by atoms with van der Waals surface area (Å²) in [4.78, 5) is 0. The van der Waals surface area contributed by atoms with Gasteiger partial charge in [-0.05, 0) is 30.1 Å². The van der Waals surface area contributed by atoms with E-state index in [1.54, 1.807) is 0 Å². The van der Waals surface area contributed by atoms with Crippen LogP contribution in [0.1, 0.15) is 40.5 Å². The molecule has 1 fully saturated rings. The summed E-state index contributed by atoms with van der Waals surface area (Å²) < 4.78 is 0. The fourth-order valence-corrected chi connectivity index (χ4v) is 2.74. The number of aliphatic hydroxyl groups is 1. The van der Waals surface area contributed by atoms with Gasteiger partial charge in [-0.3, -0.25) is 0 Å². The average molecular weight is 170 g/mol. The standard InChI is InChI=1S/C11H22O/c1-5-10-8(3)7(2)6-11(12)9(10)4/h7-12H,5-6H2,1-4H3. The molecular formula is C11H22O. The predicted molar refractivity (Wildman–Crippen MR) is 51.9 cm³/mol. The minimum atomic E-state index is -0.0545. The van der Waals surface area contributed by atoms with Gasteiger partial charge >= 0.3 is 0 Å². The lowest BCUT2D eigenvalue weighted by Gasteiger charge is -2.41. The minimum absolute atomic E-state index is 0.0545. The molecule has 1 aliphatic rings. The molecule has 1 N–H and O–H groups in total. The maximum atomic E-state index is 9.77. The molecule has 0 aromatic heterocycles. The molecule has 0 amide bonds. The normalized spacial score (nSPS) is 49.2. The number of hydrogen-bond acceptors (Lipinski definition) is 1. The maximum absolute atomic E-state index is 9.77. The summed E-state index contributed by atoms with van der Waals surface area (Å²) in [7, 11) is 0. The van der Waals surface area contributed by atoms with Gasteiger partial charge in [0, 0.05) is 0 Å². The van der Waals surface area contributed by atoms with Crippen molar-refractivity contribution in [3.63, 3.8) is 0 Å². The molecule has 0 aromatic carbocycles. The fourth-order valence-electron chi connectivity index (χ4n) is 2.74. The monoisotopic (exact) mass is 170 g/mol. The van der Waals surface area contributed by atoms with Crippen molar-refractivity contribution in [3.8, 4) is 0 Å². The second kappa shape index (κ2) is 3.78. The number of rotatable bonds is 1. The van der Waals surface area contributed by atoms with Gasteiger partial charge in [0.05, 0.1) is 6.10 Å². The summed E-state index contributed by atoms with van der Waals surface area (Å²) in [6.45, 7) is 9.04. The first-order valence-corrected chi connectivity index (χ1v) is 5.26. The molecule has 5 unspecified atom stereocenters. The van der Waals surface area contributed by atoms with Crippen LogP contribution in [0.25, 0.3) is 0 Å². The van der Waals surface area contributed by atoms with E-state index < -0.39 is 0 Å². The largest absolute Gasteiger partial charge is 0.393 e. The second-order valence-electron chi connectivity index (χ2n) is 4.57. The molecule has 72 valence electrons. The van der Waals surface area contributed by atoms with Crippen molar-refractivity contribution in [2.75, 3.05) is 0 Å². The van der Waals surface area contributed by atoms with Crippen LogP contribution in [-0.4, -0.2) is 11.2 Å². The Bertz CT molecular complexity index is 130. The van der Waals surface area contributed by atoms with Crippen molar-refractivity contribution in [3.05, 3.63) is 0 Å². The highest BCUT2D eigenvalue weighted by Gasteiger charge is 2.36. The molecular weight excluding hydrogens is 148 g/mol. The Morgan fingerprint density at radius 2 is 1.75 bits per heavy atom. The molecule has 1 aliphatic carbocycles. The lowest BCUT2D eigenvalue weighted by Crippen LogP contribution is -2.39. The second-order valence-corrected chi connectivity index (χ2v) is 4.57. The summed E-state index contributed by atoms with van der Waals surface area (Å²) >= 11 is 0. The highest BCUT2D eigenvalue weighted by atomic mass is 16.3. The number of hydrogen-bond donors (Lipinski definition) is 1. The third-order valence-corrected chi connectivity index (χ3v) is 3.94. The summed E-state index contributed by atoms with van der Waals surface area (Å²) in [6.07, 6.45) is 2.16. The van der Waals surface area contributed by atoms with E-state index in [2.05, 4.69) is 27.7 Å². The smallest absolute Gasteiger partial charge is 0.0571 e. The molecule has 0 saturated heterocycles. The maximum Gasteiger partial charge on any atom is 0.0571 e. The van der Waals surface area contributed by atoms with Gasteiger partial charge in [-0.15, -0.1) is 0 Å². The van der Waals surface area contributed by atoms with Gasteiger partial charge in [-0.2, -0.15) is 0 Å². The van der Waals surface area contributed by atoms with Crippen LogP contribution in [0.15, 0.2) is 0 Å². The molecule has 0 radical (unpaired) electrons. The number of aliphatic hydroxyl groups excluding tert-OH is 1. The van der Waals surface area contributed by atoms with E-state index in [-0.39, 0.29) is 6.10 Å². The molecule has 1 saturated carbocycles. The van der Waals surface area contributed by atoms with Gasteiger partial charge in [-0.25, -0.2) is 0 Å². The quantitative estimate of drug-likeness (QED) is 0.641. The van der Waals surface area contributed by atoms with Crippen LogP contribution in [0.2, 0.25) is 0 Å². The molecule has 0 bridgehead atoms. The molecule has 12 heavy (non-hydrogen) atoms. The van der Waals surface area contributed by atoms with E-state index in [9.17, 15) is 5.11 Å². The van der Waals surface area contributed by atoms with E-state index in [1.807, 2.05) is 0 Å². The van der Waals surface area contributed by atoms with Crippen molar-refractivity contribution < 1.29 is 5.11 Å². The Morgan fingerprint density at radius 3 is 2.25 bits per heavy atom. The first-order valence-electron chi connectivity index (χ1n) is 5.26. The van der Waals surface area contributed by atoms with Crippen LogP contribution >= 0.6 is 0 Å². The lowest BCUT2D eigenvalue weighted by molar-refractivity contribution is -0.0141. The van der Waals surface area contributed by atoms with E-state index in [1.165, 1.54) is 6.42 Å². The zero-order valence-corrected chi connectivity index (χ0v) is 8.75. The molecule has 0 heterocycles. The van der Waals surface area contributed by atoms with Crippen LogP contribution < -0.4 is 0 Å². The Hall–Kier alpha value is -0.0400. The van der Waals surface area contributed by atoms with Gasteiger partial charge in [-0.1, -0.05) is 34.1 Å². The molecule has 5 atom stereocenters. The minimum Gasteiger partial charge on any atom is -0.393 e. The van der Waals surface area contributed by atoms with Gasteiger partial charge in [0.15, 0.2) is 0 Å². The summed E-state index contributed by atoms with van der Waals surface area (Å²) in [6, 6.07) is 0. The van der Waals surface area contributed by atoms with Crippen LogP contribution in [0.5, 0.6) is 0 Å². The van der Waals surface area contributed by atoms with Crippen LogP contribution in [-0.2, 0) is 0 Å². The zero-order chi connectivity index (χ0) is 9.30. The Kier molecular flexibility index (Phi) is 3.16. The molecule has 0 spiro atoms. The summed E-state index contributed by atoms with van der Waals surface area (Å²) in [5, 5.41) is 9.77. The van der Waals surface area contributed by atoms with Gasteiger partial charge < -0.3 is 5.11 Å². The third kappa shape index (κ3) is 1.66.